The van der Waals surface area contributed by atoms with Crippen molar-refractivity contribution in [3.05, 3.63) is 30.6 Å². The van der Waals surface area contributed by atoms with Crippen LogP contribution in [0.3, 0.4) is 0 Å². The van der Waals surface area contributed by atoms with Gasteiger partial charge in [0.1, 0.15) is 6.33 Å². The molecule has 3 heterocycles. The summed E-state index contributed by atoms with van der Waals surface area (Å²) in [5, 5.41) is 10.4. The van der Waals surface area contributed by atoms with Crippen LogP contribution in [0.5, 0.6) is 0 Å². The number of benzene rings is 1. The summed E-state index contributed by atoms with van der Waals surface area (Å²) < 4.78 is 5.32. The van der Waals surface area contributed by atoms with E-state index >= 15 is 0 Å². The number of nitrogens with one attached hydrogen (secondary N) is 1. The lowest BCUT2D eigenvalue weighted by Crippen LogP contribution is -2.46. The van der Waals surface area contributed by atoms with Crippen molar-refractivity contribution in [1.82, 2.24) is 30.2 Å². The summed E-state index contributed by atoms with van der Waals surface area (Å²) in [6.45, 7) is 7.68. The van der Waals surface area contributed by atoms with Gasteiger partial charge in [-0.2, -0.15) is 10.1 Å². The molecule has 1 saturated heterocycles. The molecule has 0 saturated carbocycles. The van der Waals surface area contributed by atoms with Crippen molar-refractivity contribution in [2.75, 3.05) is 37.6 Å². The monoisotopic (exact) mass is 325 g/mol. The van der Waals surface area contributed by atoms with Crippen LogP contribution in [0.4, 0.5) is 5.69 Å². The van der Waals surface area contributed by atoms with Crippen LogP contribution in [-0.4, -0.2) is 62.9 Å². The van der Waals surface area contributed by atoms with Gasteiger partial charge in [-0.05, 0) is 30.8 Å². The average molecular weight is 325 g/mol. The molecule has 0 bridgehead atoms. The lowest BCUT2D eigenvalue weighted by molar-refractivity contribution is 0.271. The third-order valence-electron chi connectivity index (χ3n) is 4.35. The molecule has 1 aliphatic heterocycles. The van der Waals surface area contributed by atoms with E-state index in [4.69, 9.17) is 4.52 Å². The molecule has 124 valence electrons. The van der Waals surface area contributed by atoms with Crippen molar-refractivity contribution < 1.29 is 4.52 Å². The fourth-order valence-corrected chi connectivity index (χ4v) is 2.89. The van der Waals surface area contributed by atoms with Gasteiger partial charge in [-0.15, -0.1) is 0 Å². The van der Waals surface area contributed by atoms with E-state index in [2.05, 4.69) is 54.2 Å². The molecule has 3 aromatic rings. The molecule has 2 aromatic heterocycles. The number of aromatic nitrogens is 5. The molecule has 0 unspecified atom stereocenters. The van der Waals surface area contributed by atoms with Crippen molar-refractivity contribution in [2.45, 2.75) is 6.92 Å². The quantitative estimate of drug-likeness (QED) is 0.780. The molecule has 0 aliphatic carbocycles. The van der Waals surface area contributed by atoms with Gasteiger partial charge in [0.05, 0.1) is 0 Å². The second-order valence-corrected chi connectivity index (χ2v) is 5.73. The Morgan fingerprint density at radius 3 is 2.58 bits per heavy atom. The summed E-state index contributed by atoms with van der Waals surface area (Å²) >= 11 is 0. The van der Waals surface area contributed by atoms with Gasteiger partial charge in [-0.3, -0.25) is 5.10 Å². The average Bonchev–Trinajstić information content (AvgIpc) is 3.33. The first-order valence-corrected chi connectivity index (χ1v) is 8.10. The normalized spacial score (nSPS) is 15.8. The van der Waals surface area contributed by atoms with Gasteiger partial charge in [-0.25, -0.2) is 4.98 Å². The Hall–Kier alpha value is -2.74. The van der Waals surface area contributed by atoms with Gasteiger partial charge in [0.15, 0.2) is 5.82 Å². The minimum atomic E-state index is 0.405. The Bertz CT molecular complexity index is 773. The van der Waals surface area contributed by atoms with Crippen LogP contribution in [0, 0.1) is 0 Å². The van der Waals surface area contributed by atoms with Crippen LogP contribution in [0.15, 0.2) is 35.1 Å². The Balaban J connectivity index is 1.48. The van der Waals surface area contributed by atoms with Gasteiger partial charge < -0.3 is 14.3 Å². The first-order valence-electron chi connectivity index (χ1n) is 8.10. The van der Waals surface area contributed by atoms with E-state index in [0.29, 0.717) is 17.5 Å². The number of H-pyrrole nitrogens is 1. The number of piperazine rings is 1. The molecule has 0 spiro atoms. The standard InChI is InChI=1S/C16H19N7O/c1-2-22-7-9-23(10-8-22)13-5-3-12(4-6-13)16-19-15(21-24-16)14-17-11-18-20-14/h3-6,11H,2,7-10H2,1H3,(H,17,18,20). The van der Waals surface area contributed by atoms with Crippen molar-refractivity contribution in [3.8, 4) is 23.1 Å². The highest BCUT2D eigenvalue weighted by molar-refractivity contribution is 5.60. The second kappa shape index (κ2) is 6.40. The van der Waals surface area contributed by atoms with Crippen LogP contribution in [0.2, 0.25) is 0 Å². The number of anilines is 1. The van der Waals surface area contributed by atoms with E-state index in [0.717, 1.165) is 38.3 Å². The molecule has 1 aliphatic rings. The zero-order valence-corrected chi connectivity index (χ0v) is 13.5. The van der Waals surface area contributed by atoms with Gasteiger partial charge in [0.2, 0.25) is 5.82 Å². The van der Waals surface area contributed by atoms with Gasteiger partial charge >= 0.3 is 0 Å². The zero-order valence-electron chi connectivity index (χ0n) is 13.5. The molecule has 0 atom stereocenters. The Labute approximate surface area is 139 Å². The largest absolute Gasteiger partial charge is 0.369 e. The lowest BCUT2D eigenvalue weighted by Gasteiger charge is -2.35. The number of nitrogens with zero attached hydrogens (tertiary/aromatic N) is 6. The predicted molar refractivity (Wildman–Crippen MR) is 89.4 cm³/mol. The second-order valence-electron chi connectivity index (χ2n) is 5.73. The van der Waals surface area contributed by atoms with E-state index in [9.17, 15) is 0 Å². The molecule has 1 aromatic carbocycles. The third kappa shape index (κ3) is 2.88. The molecule has 0 radical (unpaired) electrons. The summed E-state index contributed by atoms with van der Waals surface area (Å²) in [6.07, 6.45) is 1.42. The highest BCUT2D eigenvalue weighted by atomic mass is 16.5. The number of aromatic amines is 1. The lowest BCUT2D eigenvalue weighted by atomic mass is 10.2. The number of hydrogen-bond acceptors (Lipinski definition) is 7. The summed E-state index contributed by atoms with van der Waals surface area (Å²) in [4.78, 5) is 13.2. The van der Waals surface area contributed by atoms with E-state index in [1.54, 1.807) is 0 Å². The van der Waals surface area contributed by atoms with E-state index in [1.165, 1.54) is 12.0 Å². The summed E-state index contributed by atoms with van der Waals surface area (Å²) in [6, 6.07) is 8.24. The molecule has 0 amide bonds. The van der Waals surface area contributed by atoms with Crippen LogP contribution in [0.25, 0.3) is 23.1 Å². The smallest absolute Gasteiger partial charge is 0.258 e. The van der Waals surface area contributed by atoms with Crippen molar-refractivity contribution >= 4 is 5.69 Å². The highest BCUT2D eigenvalue weighted by Crippen LogP contribution is 2.24. The fourth-order valence-electron chi connectivity index (χ4n) is 2.89. The minimum absolute atomic E-state index is 0.405. The van der Waals surface area contributed by atoms with E-state index in [1.807, 2.05) is 12.1 Å². The maximum Gasteiger partial charge on any atom is 0.258 e. The maximum absolute atomic E-state index is 5.32. The topological polar surface area (TPSA) is 87.0 Å². The summed E-state index contributed by atoms with van der Waals surface area (Å²) in [7, 11) is 0. The Kier molecular flexibility index (Phi) is 3.96. The van der Waals surface area contributed by atoms with E-state index in [-0.39, 0.29) is 0 Å². The van der Waals surface area contributed by atoms with Crippen LogP contribution in [0.1, 0.15) is 6.92 Å². The third-order valence-corrected chi connectivity index (χ3v) is 4.35. The molecule has 8 heteroatoms. The predicted octanol–water partition coefficient (Wildman–Crippen LogP) is 1.66. The maximum atomic E-state index is 5.32. The van der Waals surface area contributed by atoms with Crippen LogP contribution < -0.4 is 4.90 Å². The van der Waals surface area contributed by atoms with Gasteiger partial charge in [0, 0.05) is 37.4 Å². The molecule has 24 heavy (non-hydrogen) atoms. The molecule has 8 nitrogen and oxygen atoms in total. The van der Waals surface area contributed by atoms with Gasteiger partial charge in [-0.1, -0.05) is 12.1 Å². The Morgan fingerprint density at radius 2 is 1.92 bits per heavy atom. The van der Waals surface area contributed by atoms with Crippen molar-refractivity contribution in [1.29, 1.82) is 0 Å². The molecular weight excluding hydrogens is 306 g/mol. The fraction of sp³-hybridized carbons (Fsp3) is 0.375. The SMILES string of the molecule is CCN1CCN(c2ccc(-c3nc(-c4ncn[nH]4)no3)cc2)CC1. The highest BCUT2D eigenvalue weighted by Gasteiger charge is 2.17. The number of hydrogen-bond donors (Lipinski definition) is 1. The molecule has 4 rings (SSSR count). The number of likely N-dealkylation sites (N-methyl/N-ethyl adjacent to an activating group) is 1. The molecule has 1 N–H and O–H groups in total. The zero-order chi connectivity index (χ0) is 16.4. The first kappa shape index (κ1) is 14.8. The van der Waals surface area contributed by atoms with E-state index < -0.39 is 0 Å². The van der Waals surface area contributed by atoms with Crippen molar-refractivity contribution in [2.24, 2.45) is 0 Å². The molecular formula is C16H19N7O. The first-order chi connectivity index (χ1) is 11.8. The van der Waals surface area contributed by atoms with Gasteiger partial charge in [0.25, 0.3) is 5.89 Å². The van der Waals surface area contributed by atoms with Crippen LogP contribution in [-0.2, 0) is 0 Å². The number of rotatable bonds is 4. The molecule has 1 fully saturated rings. The van der Waals surface area contributed by atoms with Crippen LogP contribution >= 0.6 is 0 Å². The Morgan fingerprint density at radius 1 is 1.12 bits per heavy atom. The van der Waals surface area contributed by atoms with Crippen molar-refractivity contribution in [3.63, 3.8) is 0 Å². The minimum Gasteiger partial charge on any atom is -0.369 e. The summed E-state index contributed by atoms with van der Waals surface area (Å²) in [5.74, 6) is 1.38. The summed E-state index contributed by atoms with van der Waals surface area (Å²) in [5.41, 5.74) is 2.12.